The van der Waals surface area contributed by atoms with Gasteiger partial charge in [0.05, 0.1) is 13.2 Å². The van der Waals surface area contributed by atoms with Gasteiger partial charge in [-0.15, -0.1) is 0 Å². The monoisotopic (exact) mass is 267 g/mol. The Bertz CT molecular complexity index is 392. The van der Waals surface area contributed by atoms with Gasteiger partial charge in [0.15, 0.2) is 5.82 Å². The summed E-state index contributed by atoms with van der Waals surface area (Å²) >= 11 is 0. The smallest absolute Gasteiger partial charge is 0.246 e. The van der Waals surface area contributed by atoms with Gasteiger partial charge in [0, 0.05) is 13.1 Å². The molecule has 2 heterocycles. The molecule has 0 spiro atoms. The molecule has 5 nitrogen and oxygen atoms in total. The lowest BCUT2D eigenvalue weighted by Gasteiger charge is -2.35. The number of aromatic nitrogens is 2. The van der Waals surface area contributed by atoms with Crippen LogP contribution in [0.5, 0.6) is 0 Å². The van der Waals surface area contributed by atoms with E-state index in [-0.39, 0.29) is 6.04 Å². The van der Waals surface area contributed by atoms with Crippen molar-refractivity contribution in [3.05, 3.63) is 11.7 Å². The highest BCUT2D eigenvalue weighted by atomic mass is 16.5. The second-order valence-electron chi connectivity index (χ2n) is 6.00. The second-order valence-corrected chi connectivity index (χ2v) is 6.00. The second kappa shape index (κ2) is 6.48. The molecular formula is C14H25N3O2. The molecular weight excluding hydrogens is 242 g/mol. The van der Waals surface area contributed by atoms with Gasteiger partial charge in [-0.2, -0.15) is 4.98 Å². The third kappa shape index (κ3) is 4.01. The zero-order chi connectivity index (χ0) is 13.8. The maximum Gasteiger partial charge on any atom is 0.246 e. The summed E-state index contributed by atoms with van der Waals surface area (Å²) in [5, 5.41) is 3.89. The van der Waals surface area contributed by atoms with E-state index in [4.69, 9.17) is 9.26 Å². The molecule has 0 aromatic carbocycles. The SMILES string of the molecule is Cc1noc([C@@H]2COCCN2C[C@H](C)CC(C)C)n1. The molecule has 0 N–H and O–H groups in total. The third-order valence-corrected chi connectivity index (χ3v) is 3.49. The molecule has 1 aromatic rings. The summed E-state index contributed by atoms with van der Waals surface area (Å²) in [6, 6.07) is 0.115. The van der Waals surface area contributed by atoms with E-state index >= 15 is 0 Å². The largest absolute Gasteiger partial charge is 0.378 e. The Labute approximate surface area is 115 Å². The predicted molar refractivity (Wildman–Crippen MR) is 72.8 cm³/mol. The van der Waals surface area contributed by atoms with Crippen LogP contribution in [0.3, 0.4) is 0 Å². The average Bonchev–Trinajstić information content (AvgIpc) is 2.75. The first-order valence-corrected chi connectivity index (χ1v) is 7.18. The zero-order valence-electron chi connectivity index (χ0n) is 12.4. The molecule has 0 amide bonds. The van der Waals surface area contributed by atoms with Crippen molar-refractivity contribution in [1.29, 1.82) is 0 Å². The first kappa shape index (κ1) is 14.5. The molecule has 19 heavy (non-hydrogen) atoms. The van der Waals surface area contributed by atoms with Crippen molar-refractivity contribution in [2.24, 2.45) is 11.8 Å². The minimum atomic E-state index is 0.115. The highest BCUT2D eigenvalue weighted by molar-refractivity contribution is 4.94. The summed E-state index contributed by atoms with van der Waals surface area (Å²) in [5.41, 5.74) is 0. The minimum Gasteiger partial charge on any atom is -0.378 e. The van der Waals surface area contributed by atoms with Gasteiger partial charge >= 0.3 is 0 Å². The number of nitrogens with zero attached hydrogens (tertiary/aromatic N) is 3. The molecule has 0 radical (unpaired) electrons. The van der Waals surface area contributed by atoms with Crippen LogP contribution < -0.4 is 0 Å². The van der Waals surface area contributed by atoms with Crippen molar-refractivity contribution in [3.8, 4) is 0 Å². The summed E-state index contributed by atoms with van der Waals surface area (Å²) in [6.45, 7) is 12.1. The van der Waals surface area contributed by atoms with E-state index in [1.54, 1.807) is 0 Å². The number of morpholine rings is 1. The lowest BCUT2D eigenvalue weighted by atomic mass is 9.97. The Kier molecular flexibility index (Phi) is 4.93. The first-order chi connectivity index (χ1) is 9.06. The first-order valence-electron chi connectivity index (χ1n) is 7.18. The van der Waals surface area contributed by atoms with Gasteiger partial charge in [-0.05, 0) is 25.2 Å². The van der Waals surface area contributed by atoms with Gasteiger partial charge in [0.1, 0.15) is 6.04 Å². The molecule has 1 saturated heterocycles. The van der Waals surface area contributed by atoms with Gasteiger partial charge in [-0.25, -0.2) is 0 Å². The van der Waals surface area contributed by atoms with Crippen molar-refractivity contribution < 1.29 is 9.26 Å². The summed E-state index contributed by atoms with van der Waals surface area (Å²) in [4.78, 5) is 6.77. The molecule has 1 aliphatic rings. The standard InChI is InChI=1S/C14H25N3O2/c1-10(2)7-11(3)8-17-5-6-18-9-13(17)14-15-12(4)16-19-14/h10-11,13H,5-9H2,1-4H3/t11-,13+/m1/s1. The zero-order valence-corrected chi connectivity index (χ0v) is 12.4. The van der Waals surface area contributed by atoms with Crippen LogP contribution in [0, 0.1) is 18.8 Å². The van der Waals surface area contributed by atoms with Crippen molar-refractivity contribution in [1.82, 2.24) is 15.0 Å². The Hall–Kier alpha value is -0.940. The average molecular weight is 267 g/mol. The van der Waals surface area contributed by atoms with Gasteiger partial charge in [0.25, 0.3) is 0 Å². The Balaban J connectivity index is 2.00. The summed E-state index contributed by atoms with van der Waals surface area (Å²) in [6.07, 6.45) is 1.24. The quantitative estimate of drug-likeness (QED) is 0.820. The number of hydrogen-bond donors (Lipinski definition) is 0. The Morgan fingerprint density at radius 1 is 1.37 bits per heavy atom. The van der Waals surface area contributed by atoms with E-state index in [1.165, 1.54) is 6.42 Å². The van der Waals surface area contributed by atoms with Crippen LogP contribution in [-0.2, 0) is 4.74 Å². The molecule has 0 unspecified atom stereocenters. The number of ether oxygens (including phenoxy) is 1. The van der Waals surface area contributed by atoms with Crippen LogP contribution in [0.1, 0.15) is 44.9 Å². The lowest BCUT2D eigenvalue weighted by molar-refractivity contribution is -0.0265. The number of hydrogen-bond acceptors (Lipinski definition) is 5. The molecule has 2 rings (SSSR count). The highest BCUT2D eigenvalue weighted by Crippen LogP contribution is 2.25. The van der Waals surface area contributed by atoms with Gasteiger partial charge < -0.3 is 9.26 Å². The molecule has 0 saturated carbocycles. The maximum absolute atomic E-state index is 5.57. The van der Waals surface area contributed by atoms with E-state index < -0.39 is 0 Å². The van der Waals surface area contributed by atoms with Crippen molar-refractivity contribution >= 4 is 0 Å². The molecule has 1 aliphatic heterocycles. The van der Waals surface area contributed by atoms with Crippen LogP contribution in [0.4, 0.5) is 0 Å². The summed E-state index contributed by atoms with van der Waals surface area (Å²) < 4.78 is 10.9. The third-order valence-electron chi connectivity index (χ3n) is 3.49. The lowest BCUT2D eigenvalue weighted by Crippen LogP contribution is -2.42. The van der Waals surface area contributed by atoms with E-state index in [9.17, 15) is 0 Å². The van der Waals surface area contributed by atoms with Crippen LogP contribution in [-0.4, -0.2) is 41.3 Å². The van der Waals surface area contributed by atoms with E-state index in [0.29, 0.717) is 24.2 Å². The van der Waals surface area contributed by atoms with E-state index in [2.05, 4.69) is 35.8 Å². The summed E-state index contributed by atoms with van der Waals surface area (Å²) in [5.74, 6) is 2.79. The Morgan fingerprint density at radius 2 is 2.16 bits per heavy atom. The molecule has 0 aliphatic carbocycles. The van der Waals surface area contributed by atoms with Crippen LogP contribution in [0.2, 0.25) is 0 Å². The fraction of sp³-hybridized carbons (Fsp3) is 0.857. The molecule has 1 aromatic heterocycles. The molecule has 2 atom stereocenters. The minimum absolute atomic E-state index is 0.115. The van der Waals surface area contributed by atoms with Crippen molar-refractivity contribution in [2.75, 3.05) is 26.3 Å². The van der Waals surface area contributed by atoms with Crippen molar-refractivity contribution in [2.45, 2.75) is 40.2 Å². The van der Waals surface area contributed by atoms with Crippen molar-refractivity contribution in [3.63, 3.8) is 0 Å². The predicted octanol–water partition coefficient (Wildman–Crippen LogP) is 2.43. The summed E-state index contributed by atoms with van der Waals surface area (Å²) in [7, 11) is 0. The van der Waals surface area contributed by atoms with Gasteiger partial charge in [0.2, 0.25) is 5.89 Å². The fourth-order valence-electron chi connectivity index (χ4n) is 2.81. The van der Waals surface area contributed by atoms with Gasteiger partial charge in [-0.1, -0.05) is 25.9 Å². The number of rotatable bonds is 5. The molecule has 5 heteroatoms. The molecule has 108 valence electrons. The van der Waals surface area contributed by atoms with Crippen LogP contribution in [0.25, 0.3) is 0 Å². The Morgan fingerprint density at radius 3 is 2.79 bits per heavy atom. The maximum atomic E-state index is 5.57. The highest BCUT2D eigenvalue weighted by Gasteiger charge is 2.30. The van der Waals surface area contributed by atoms with E-state index in [0.717, 1.165) is 25.6 Å². The number of aryl methyl sites for hydroxylation is 1. The van der Waals surface area contributed by atoms with Gasteiger partial charge in [-0.3, -0.25) is 4.90 Å². The molecule has 0 bridgehead atoms. The fourth-order valence-corrected chi connectivity index (χ4v) is 2.81. The topological polar surface area (TPSA) is 51.4 Å². The normalized spacial score (nSPS) is 22.9. The van der Waals surface area contributed by atoms with Crippen LogP contribution in [0.15, 0.2) is 4.52 Å². The van der Waals surface area contributed by atoms with E-state index in [1.807, 2.05) is 6.92 Å². The van der Waals surface area contributed by atoms with Crippen LogP contribution >= 0.6 is 0 Å². The molecule has 1 fully saturated rings.